The van der Waals surface area contributed by atoms with Crippen LogP contribution in [0.1, 0.15) is 84.3 Å². The molecule has 3 aromatic heterocycles. The summed E-state index contributed by atoms with van der Waals surface area (Å²) >= 11 is 6.55. The molecule has 1 aromatic carbocycles. The van der Waals surface area contributed by atoms with E-state index in [1.165, 1.54) is 10.8 Å². The minimum Gasteiger partial charge on any atom is -0.504 e. The number of nitrogens with one attached hydrogen (secondary N) is 1. The van der Waals surface area contributed by atoms with E-state index in [4.69, 9.17) is 21.3 Å². The van der Waals surface area contributed by atoms with Crippen LogP contribution in [0.2, 0.25) is 5.02 Å². The first-order valence-electron chi connectivity index (χ1n) is 16.3. The lowest BCUT2D eigenvalue weighted by atomic mass is 9.74. The Morgan fingerprint density at radius 2 is 1.94 bits per heavy atom. The van der Waals surface area contributed by atoms with Crippen molar-refractivity contribution in [2.45, 2.75) is 70.8 Å². The average Bonchev–Trinajstić information content (AvgIpc) is 3.69. The second-order valence-electron chi connectivity index (χ2n) is 13.1. The number of aryl methyl sites for hydroxylation is 1. The molecule has 1 fully saturated rings. The molecule has 48 heavy (non-hydrogen) atoms. The van der Waals surface area contributed by atoms with Gasteiger partial charge in [0, 0.05) is 29.8 Å². The molecular weight excluding hydrogens is 636 g/mol. The maximum atomic E-state index is 14.3. The first kappa shape index (κ1) is 32.0. The maximum Gasteiger partial charge on any atom is 0.279 e. The van der Waals surface area contributed by atoms with Gasteiger partial charge in [0.25, 0.3) is 11.5 Å². The van der Waals surface area contributed by atoms with E-state index < -0.39 is 5.41 Å². The van der Waals surface area contributed by atoms with E-state index in [1.807, 2.05) is 22.8 Å². The highest BCUT2D eigenvalue weighted by Gasteiger charge is 2.46. The van der Waals surface area contributed by atoms with Crippen LogP contribution < -0.4 is 10.9 Å². The molecule has 14 heteroatoms. The van der Waals surface area contributed by atoms with Gasteiger partial charge < -0.3 is 24.6 Å². The lowest BCUT2D eigenvalue weighted by Crippen LogP contribution is -2.46. The molecule has 1 aliphatic carbocycles. The van der Waals surface area contributed by atoms with Gasteiger partial charge in [0.2, 0.25) is 11.7 Å². The normalized spacial score (nSPS) is 17.2. The standard InChI is InChI=1S/C34H37ClN8O5/c1-19(2)22-4-5-24(23(35)16-22)38-26(44)17-42-25-6-9-34(10-12-41(13-11-34)32(47)28-29(45)20(3)36-18-37-28)27(25)31(46)43-33(42)39-30(40-43)21-7-14-48-15-8-21/h4-5,7,16,18-19,45H,6,8-15,17H2,1-3H3,(H,38,44). The topological polar surface area (TPSA) is 157 Å². The zero-order valence-electron chi connectivity index (χ0n) is 27.1. The van der Waals surface area contributed by atoms with Crippen LogP contribution in [0.5, 0.6) is 5.75 Å². The average molecular weight is 673 g/mol. The summed E-state index contributed by atoms with van der Waals surface area (Å²) in [7, 11) is 0. The monoisotopic (exact) mass is 672 g/mol. The maximum absolute atomic E-state index is 14.3. The number of piperidine rings is 1. The van der Waals surface area contributed by atoms with Gasteiger partial charge in [-0.25, -0.2) is 9.97 Å². The molecular formula is C34H37ClN8O5. The smallest absolute Gasteiger partial charge is 0.279 e. The third-order valence-electron chi connectivity index (χ3n) is 9.92. The molecule has 0 bridgehead atoms. The number of halogens is 1. The highest BCUT2D eigenvalue weighted by Crippen LogP contribution is 2.45. The minimum atomic E-state index is -0.515. The molecule has 0 radical (unpaired) electrons. The Morgan fingerprint density at radius 3 is 2.65 bits per heavy atom. The van der Waals surface area contributed by atoms with Crippen molar-refractivity contribution >= 4 is 40.5 Å². The number of hydrogen-bond donors (Lipinski definition) is 2. The lowest BCUT2D eigenvalue weighted by Gasteiger charge is -2.39. The molecule has 13 nitrogen and oxygen atoms in total. The van der Waals surface area contributed by atoms with Gasteiger partial charge in [-0.15, -0.1) is 5.10 Å². The Bertz CT molecular complexity index is 2040. The molecule has 2 aliphatic heterocycles. The van der Waals surface area contributed by atoms with Crippen molar-refractivity contribution in [2.24, 2.45) is 0 Å². The summed E-state index contributed by atoms with van der Waals surface area (Å²) in [6.45, 7) is 7.40. The SMILES string of the molecule is Cc1ncnc(C(=O)N2CCC3(CCc4c3c(=O)n3nc(C5=CCOCC5)nc3n4CC(=O)Nc3ccc(C(C)C)cc3Cl)CC2)c1O. The van der Waals surface area contributed by atoms with Gasteiger partial charge in [-0.3, -0.25) is 14.4 Å². The lowest BCUT2D eigenvalue weighted by molar-refractivity contribution is -0.116. The Hall–Kier alpha value is -4.62. The number of amides is 2. The van der Waals surface area contributed by atoms with Crippen LogP contribution in [0.15, 0.2) is 35.4 Å². The van der Waals surface area contributed by atoms with Crippen LogP contribution in [-0.4, -0.2) is 77.3 Å². The van der Waals surface area contributed by atoms with E-state index in [2.05, 4.69) is 34.2 Å². The predicted octanol–water partition coefficient (Wildman–Crippen LogP) is 4.03. The van der Waals surface area contributed by atoms with Crippen molar-refractivity contribution in [3.8, 4) is 5.75 Å². The van der Waals surface area contributed by atoms with E-state index in [9.17, 15) is 19.5 Å². The van der Waals surface area contributed by atoms with Crippen molar-refractivity contribution in [2.75, 3.05) is 31.6 Å². The molecule has 4 aromatic rings. The van der Waals surface area contributed by atoms with E-state index in [0.717, 1.165) is 16.8 Å². The summed E-state index contributed by atoms with van der Waals surface area (Å²) in [6.07, 6.45) is 6.12. The third kappa shape index (κ3) is 5.54. The zero-order chi connectivity index (χ0) is 33.7. The number of rotatable bonds is 6. The number of nitrogens with zero attached hydrogens (tertiary/aromatic N) is 7. The Balaban J connectivity index is 1.24. The molecule has 2 N–H and O–H groups in total. The quantitative estimate of drug-likeness (QED) is 0.309. The van der Waals surface area contributed by atoms with Gasteiger partial charge in [0.05, 0.1) is 29.6 Å². The van der Waals surface area contributed by atoms with Crippen molar-refractivity contribution < 1.29 is 19.4 Å². The molecule has 250 valence electrons. The van der Waals surface area contributed by atoms with Crippen LogP contribution in [0.25, 0.3) is 11.4 Å². The van der Waals surface area contributed by atoms with E-state index in [0.29, 0.717) is 97.9 Å². The Labute approximate surface area is 281 Å². The number of fused-ring (bicyclic) bond motifs is 3. The number of carbonyl (C=O) groups excluding carboxylic acids is 2. The third-order valence-corrected chi connectivity index (χ3v) is 10.2. The summed E-state index contributed by atoms with van der Waals surface area (Å²) in [5.41, 5.74) is 3.37. The molecule has 1 saturated heterocycles. The first-order chi connectivity index (χ1) is 23.1. The van der Waals surface area contributed by atoms with Gasteiger partial charge >= 0.3 is 0 Å². The molecule has 7 rings (SSSR count). The summed E-state index contributed by atoms with van der Waals surface area (Å²) < 4.78 is 8.61. The fourth-order valence-electron chi connectivity index (χ4n) is 7.14. The van der Waals surface area contributed by atoms with Crippen LogP contribution in [0, 0.1) is 6.92 Å². The largest absolute Gasteiger partial charge is 0.504 e. The number of likely N-dealkylation sites (tertiary alicyclic amines) is 1. The van der Waals surface area contributed by atoms with E-state index in [-0.39, 0.29) is 35.4 Å². The molecule has 0 saturated carbocycles. The number of benzene rings is 1. The number of ether oxygens (including phenoxy) is 1. The Kier molecular flexibility index (Phi) is 8.28. The first-order valence-corrected chi connectivity index (χ1v) is 16.6. The van der Waals surface area contributed by atoms with Crippen LogP contribution in [0.3, 0.4) is 0 Å². The Morgan fingerprint density at radius 1 is 1.15 bits per heavy atom. The number of anilines is 1. The van der Waals surface area contributed by atoms with Gasteiger partial charge in [-0.1, -0.05) is 37.6 Å². The van der Waals surface area contributed by atoms with Crippen molar-refractivity contribution in [1.29, 1.82) is 0 Å². The summed E-state index contributed by atoms with van der Waals surface area (Å²) in [5.74, 6) is 0.126. The van der Waals surface area contributed by atoms with Crippen LogP contribution >= 0.6 is 11.6 Å². The predicted molar refractivity (Wildman–Crippen MR) is 178 cm³/mol. The second kappa shape index (κ2) is 12.4. The molecule has 2 amide bonds. The highest BCUT2D eigenvalue weighted by atomic mass is 35.5. The molecule has 1 spiro atoms. The van der Waals surface area contributed by atoms with Gasteiger partial charge in [0.1, 0.15) is 12.9 Å². The molecule has 0 unspecified atom stereocenters. The molecule has 5 heterocycles. The zero-order valence-corrected chi connectivity index (χ0v) is 27.9. The minimum absolute atomic E-state index is 0.0307. The van der Waals surface area contributed by atoms with Gasteiger partial charge in [-0.2, -0.15) is 9.50 Å². The molecule has 0 atom stereocenters. The van der Waals surface area contributed by atoms with Gasteiger partial charge in [-0.05, 0) is 68.2 Å². The van der Waals surface area contributed by atoms with Crippen LogP contribution in [0.4, 0.5) is 5.69 Å². The number of carbonyl (C=O) groups is 2. The number of aromatic hydroxyl groups is 1. The number of hydrogen-bond acceptors (Lipinski definition) is 9. The van der Waals surface area contributed by atoms with Gasteiger partial charge in [0.15, 0.2) is 17.3 Å². The highest BCUT2D eigenvalue weighted by molar-refractivity contribution is 6.33. The summed E-state index contributed by atoms with van der Waals surface area (Å²) in [6, 6.07) is 5.61. The van der Waals surface area contributed by atoms with Crippen molar-refractivity contribution in [1.82, 2.24) is 34.0 Å². The van der Waals surface area contributed by atoms with E-state index in [1.54, 1.807) is 17.9 Å². The fourth-order valence-corrected chi connectivity index (χ4v) is 7.38. The summed E-state index contributed by atoms with van der Waals surface area (Å²) in [4.78, 5) is 55.7. The van der Waals surface area contributed by atoms with E-state index >= 15 is 0 Å². The fraction of sp³-hybridized carbons (Fsp3) is 0.441. The molecule has 3 aliphatic rings. The second-order valence-corrected chi connectivity index (χ2v) is 13.5. The summed E-state index contributed by atoms with van der Waals surface area (Å²) in [5, 5.41) is 18.5. The number of aromatic nitrogens is 6. The van der Waals surface area contributed by atoms with Crippen LogP contribution in [-0.2, 0) is 27.9 Å². The van der Waals surface area contributed by atoms with Crippen molar-refractivity contribution in [3.05, 3.63) is 80.0 Å². The van der Waals surface area contributed by atoms with Crippen molar-refractivity contribution in [3.63, 3.8) is 0 Å².